The number of nitrogens with one attached hydrogen (secondary N) is 2. The van der Waals surface area contributed by atoms with Crippen molar-refractivity contribution in [2.24, 2.45) is 4.99 Å². The Morgan fingerprint density at radius 1 is 1.17 bits per heavy atom. The van der Waals surface area contributed by atoms with Crippen LogP contribution in [-0.2, 0) is 16.0 Å². The number of carbonyl (C=O) groups excluding carboxylic acids is 1. The van der Waals surface area contributed by atoms with Crippen LogP contribution in [0.2, 0.25) is 0 Å². The summed E-state index contributed by atoms with van der Waals surface area (Å²) in [6.07, 6.45) is 0. The topological polar surface area (TPSA) is 72.0 Å². The molecule has 0 aliphatic carbocycles. The molecule has 0 spiro atoms. The van der Waals surface area contributed by atoms with Gasteiger partial charge in [0.05, 0.1) is 24.8 Å². The van der Waals surface area contributed by atoms with E-state index in [1.807, 2.05) is 32.9 Å². The van der Waals surface area contributed by atoms with Crippen molar-refractivity contribution >= 4 is 11.9 Å². The Morgan fingerprint density at radius 2 is 1.83 bits per heavy atom. The van der Waals surface area contributed by atoms with Gasteiger partial charge in [0.2, 0.25) is 0 Å². The van der Waals surface area contributed by atoms with Gasteiger partial charge >= 0.3 is 5.97 Å². The monoisotopic (exact) mass is 321 g/mol. The maximum atomic E-state index is 11.4. The lowest BCUT2D eigenvalue weighted by molar-refractivity contribution is 0.0268. The van der Waals surface area contributed by atoms with E-state index in [0.717, 1.165) is 18.1 Å². The molecule has 0 bridgehead atoms. The van der Waals surface area contributed by atoms with E-state index in [4.69, 9.17) is 4.74 Å². The van der Waals surface area contributed by atoms with E-state index in [-0.39, 0.29) is 11.6 Å². The summed E-state index contributed by atoms with van der Waals surface area (Å²) in [6.45, 7) is 7.98. The highest BCUT2D eigenvalue weighted by molar-refractivity contribution is 5.89. The maximum absolute atomic E-state index is 11.4. The number of esters is 1. The molecule has 0 amide bonds. The summed E-state index contributed by atoms with van der Waals surface area (Å²) in [4.78, 5) is 15.9. The van der Waals surface area contributed by atoms with Gasteiger partial charge in [0, 0.05) is 20.2 Å². The molecule has 0 aromatic heterocycles. The summed E-state index contributed by atoms with van der Waals surface area (Å²) in [7, 11) is 3.06. The molecule has 1 aromatic rings. The van der Waals surface area contributed by atoms with Gasteiger partial charge in [-0.05, 0) is 38.5 Å². The zero-order valence-corrected chi connectivity index (χ0v) is 14.6. The number of ether oxygens (including phenoxy) is 2. The molecule has 1 rings (SSSR count). The molecular weight excluding hydrogens is 294 g/mol. The second kappa shape index (κ2) is 9.15. The normalized spacial score (nSPS) is 12.0. The largest absolute Gasteiger partial charge is 0.465 e. The molecule has 23 heavy (non-hydrogen) atoms. The second-order valence-electron chi connectivity index (χ2n) is 5.70. The summed E-state index contributed by atoms with van der Waals surface area (Å²) in [5.41, 5.74) is 1.28. The van der Waals surface area contributed by atoms with Gasteiger partial charge in [0.15, 0.2) is 5.96 Å². The van der Waals surface area contributed by atoms with E-state index in [0.29, 0.717) is 18.7 Å². The highest BCUT2D eigenvalue weighted by Crippen LogP contribution is 2.07. The van der Waals surface area contributed by atoms with Gasteiger partial charge in [-0.1, -0.05) is 12.1 Å². The van der Waals surface area contributed by atoms with Crippen molar-refractivity contribution in [1.29, 1.82) is 0 Å². The fourth-order valence-electron chi connectivity index (χ4n) is 1.74. The molecule has 6 nitrogen and oxygen atoms in total. The highest BCUT2D eigenvalue weighted by Gasteiger charge is 2.16. The molecule has 1 aromatic carbocycles. The standard InChI is InChI=1S/C17H27N3O3/c1-6-18-16(20-12-17(2,3)23-5)19-11-13-7-9-14(10-8-13)15(21)22-4/h7-10H,6,11-12H2,1-5H3,(H2,18,19,20). The number of nitrogens with zero attached hydrogens (tertiary/aromatic N) is 1. The van der Waals surface area contributed by atoms with Crippen molar-refractivity contribution in [2.75, 3.05) is 27.3 Å². The van der Waals surface area contributed by atoms with Crippen LogP contribution in [0.25, 0.3) is 0 Å². The van der Waals surface area contributed by atoms with Crippen LogP contribution in [-0.4, -0.2) is 44.8 Å². The van der Waals surface area contributed by atoms with E-state index >= 15 is 0 Å². The van der Waals surface area contributed by atoms with Gasteiger partial charge in [0.25, 0.3) is 0 Å². The van der Waals surface area contributed by atoms with Crippen molar-refractivity contribution in [2.45, 2.75) is 32.9 Å². The Balaban J connectivity index is 2.67. The lowest BCUT2D eigenvalue weighted by atomic mass is 10.1. The summed E-state index contributed by atoms with van der Waals surface area (Å²) in [5, 5.41) is 6.46. The lowest BCUT2D eigenvalue weighted by Crippen LogP contribution is -2.45. The van der Waals surface area contributed by atoms with Gasteiger partial charge in [-0.25, -0.2) is 9.79 Å². The Labute approximate surface area is 138 Å². The molecule has 128 valence electrons. The number of benzene rings is 1. The van der Waals surface area contributed by atoms with E-state index in [9.17, 15) is 4.79 Å². The van der Waals surface area contributed by atoms with Gasteiger partial charge in [-0.15, -0.1) is 0 Å². The Hall–Kier alpha value is -2.08. The van der Waals surface area contributed by atoms with Crippen molar-refractivity contribution < 1.29 is 14.3 Å². The fraction of sp³-hybridized carbons (Fsp3) is 0.529. The highest BCUT2D eigenvalue weighted by atomic mass is 16.5. The summed E-state index contributed by atoms with van der Waals surface area (Å²) >= 11 is 0. The number of aliphatic imine (C=N–C) groups is 1. The van der Waals surface area contributed by atoms with Crippen LogP contribution in [0.15, 0.2) is 29.3 Å². The second-order valence-corrected chi connectivity index (χ2v) is 5.70. The SMILES string of the molecule is CCNC(=NCc1ccc(C(=O)OC)cc1)NCC(C)(C)OC. The molecule has 0 heterocycles. The number of methoxy groups -OCH3 is 2. The zero-order chi connectivity index (χ0) is 17.3. The Bertz CT molecular complexity index is 524. The minimum Gasteiger partial charge on any atom is -0.465 e. The summed E-state index contributed by atoms with van der Waals surface area (Å²) in [6, 6.07) is 7.23. The maximum Gasteiger partial charge on any atom is 0.337 e. The van der Waals surface area contributed by atoms with Crippen LogP contribution < -0.4 is 10.6 Å². The van der Waals surface area contributed by atoms with Crippen molar-refractivity contribution in [3.05, 3.63) is 35.4 Å². The molecule has 2 N–H and O–H groups in total. The first-order valence-electron chi connectivity index (χ1n) is 7.66. The quantitative estimate of drug-likeness (QED) is 0.456. The number of rotatable bonds is 7. The van der Waals surface area contributed by atoms with Gasteiger partial charge in [-0.2, -0.15) is 0 Å². The van der Waals surface area contributed by atoms with Crippen LogP contribution in [0.5, 0.6) is 0 Å². The van der Waals surface area contributed by atoms with Crippen LogP contribution in [0.1, 0.15) is 36.7 Å². The zero-order valence-electron chi connectivity index (χ0n) is 14.6. The first kappa shape index (κ1) is 19.0. The van der Waals surface area contributed by atoms with E-state index in [2.05, 4.69) is 20.4 Å². The third-order valence-electron chi connectivity index (χ3n) is 3.37. The average molecular weight is 321 g/mol. The van der Waals surface area contributed by atoms with E-state index < -0.39 is 0 Å². The molecule has 0 radical (unpaired) electrons. The van der Waals surface area contributed by atoms with Crippen LogP contribution in [0.4, 0.5) is 0 Å². The van der Waals surface area contributed by atoms with Crippen LogP contribution in [0.3, 0.4) is 0 Å². The minimum atomic E-state index is -0.336. The van der Waals surface area contributed by atoms with E-state index in [1.165, 1.54) is 7.11 Å². The van der Waals surface area contributed by atoms with Crippen molar-refractivity contribution in [1.82, 2.24) is 10.6 Å². The minimum absolute atomic E-state index is 0.266. The molecule has 0 unspecified atom stereocenters. The van der Waals surface area contributed by atoms with Gasteiger partial charge in [-0.3, -0.25) is 0 Å². The molecule has 0 saturated heterocycles. The van der Waals surface area contributed by atoms with Crippen LogP contribution >= 0.6 is 0 Å². The predicted molar refractivity (Wildman–Crippen MR) is 91.7 cm³/mol. The van der Waals surface area contributed by atoms with Gasteiger partial charge in [0.1, 0.15) is 0 Å². The number of hydrogen-bond acceptors (Lipinski definition) is 4. The number of hydrogen-bond donors (Lipinski definition) is 2. The third kappa shape index (κ3) is 6.69. The fourth-order valence-corrected chi connectivity index (χ4v) is 1.74. The third-order valence-corrected chi connectivity index (χ3v) is 3.37. The molecule has 0 atom stereocenters. The van der Waals surface area contributed by atoms with Crippen LogP contribution in [0, 0.1) is 0 Å². The molecule has 0 aliphatic rings. The molecule has 6 heteroatoms. The molecule has 0 fully saturated rings. The van der Waals surface area contributed by atoms with Crippen molar-refractivity contribution in [3.63, 3.8) is 0 Å². The number of guanidine groups is 1. The van der Waals surface area contributed by atoms with E-state index in [1.54, 1.807) is 19.2 Å². The Kier molecular flexibility index (Phi) is 7.54. The lowest BCUT2D eigenvalue weighted by Gasteiger charge is -2.24. The molecule has 0 aliphatic heterocycles. The summed E-state index contributed by atoms with van der Waals surface area (Å²) < 4.78 is 10.1. The molecule has 0 saturated carbocycles. The predicted octanol–water partition coefficient (Wildman–Crippen LogP) is 1.95. The summed E-state index contributed by atoms with van der Waals surface area (Å²) in [5.74, 6) is 0.395. The Morgan fingerprint density at radius 3 is 2.35 bits per heavy atom. The number of carbonyl (C=O) groups is 1. The average Bonchev–Trinajstić information content (AvgIpc) is 2.57. The van der Waals surface area contributed by atoms with Gasteiger partial charge < -0.3 is 20.1 Å². The van der Waals surface area contributed by atoms with Crippen molar-refractivity contribution in [3.8, 4) is 0 Å². The first-order valence-corrected chi connectivity index (χ1v) is 7.66. The smallest absolute Gasteiger partial charge is 0.337 e. The first-order chi connectivity index (χ1) is 10.9. The molecular formula is C17H27N3O3.